The second-order valence-electron chi connectivity index (χ2n) is 13.9. The van der Waals surface area contributed by atoms with Crippen LogP contribution in [0.1, 0.15) is 29.7 Å². The van der Waals surface area contributed by atoms with Gasteiger partial charge in [-0.1, -0.05) is 175 Å². The van der Waals surface area contributed by atoms with Crippen molar-refractivity contribution in [3.05, 3.63) is 230 Å². The molecule has 0 aliphatic heterocycles. The average Bonchev–Trinajstić information content (AvgIpc) is 3.23. The van der Waals surface area contributed by atoms with E-state index in [-0.39, 0.29) is 7.43 Å². The first kappa shape index (κ1) is 43.9. The van der Waals surface area contributed by atoms with Crippen LogP contribution in [-0.4, -0.2) is 0 Å². The van der Waals surface area contributed by atoms with Crippen LogP contribution in [0.4, 0.5) is 28.4 Å². The zero-order chi connectivity index (χ0) is 40.1. The topological polar surface area (TPSA) is 15.3 Å². The number of aryl methyl sites for hydroxylation is 4. The van der Waals surface area contributed by atoms with Crippen molar-refractivity contribution in [2.24, 2.45) is 0 Å². The number of anilines is 5. The van der Waals surface area contributed by atoms with Gasteiger partial charge in [-0.2, -0.15) is 0 Å². The minimum absolute atomic E-state index is 0. The molecule has 0 aliphatic carbocycles. The maximum absolute atomic E-state index is 3.50. The third-order valence-electron chi connectivity index (χ3n) is 9.30. The third-order valence-corrected chi connectivity index (χ3v) is 10.9. The standard InChI is InChI=1S/C26H22BrN.C14H15N.C12H8Br2.CH4/c1-19-3-13-24(14-4-19)28(25-15-5-20(2)6-16-25)26-17-9-22(10-18-26)21-7-11-23(27)12-8-21;1-11-3-7-13(8-4-11)15-14-9-5-12(2)6-10-14;13-11-5-1-9(2-6-11)10-3-7-12(14)8-4-10;/h3-18H,1-2H3;3-10,15H,1-2H3;1-8H;1H4. The molecule has 0 aromatic heterocycles. The predicted molar refractivity (Wildman–Crippen MR) is 263 cm³/mol. The van der Waals surface area contributed by atoms with Crippen LogP contribution >= 0.6 is 47.8 Å². The summed E-state index contributed by atoms with van der Waals surface area (Å²) in [7, 11) is 0. The second kappa shape index (κ2) is 21.5. The van der Waals surface area contributed by atoms with E-state index in [2.05, 4.69) is 280 Å². The van der Waals surface area contributed by atoms with Crippen molar-refractivity contribution in [3.63, 3.8) is 0 Å². The van der Waals surface area contributed by atoms with E-state index in [0.29, 0.717) is 0 Å². The molecular formula is C53H49Br3N2. The third kappa shape index (κ3) is 12.9. The SMILES string of the molecule is Brc1ccc(-c2ccc(Br)cc2)cc1.C.Cc1ccc(N(c2ccc(C)cc2)c2ccc(-c3ccc(Br)cc3)cc2)cc1.Cc1ccc(Nc2ccc(C)cc2)cc1. The molecular weight excluding hydrogens is 904 g/mol. The highest BCUT2D eigenvalue weighted by Crippen LogP contribution is 2.36. The van der Waals surface area contributed by atoms with E-state index in [1.54, 1.807) is 0 Å². The van der Waals surface area contributed by atoms with Crippen LogP contribution in [0.25, 0.3) is 22.3 Å². The monoisotopic (exact) mass is 950 g/mol. The van der Waals surface area contributed by atoms with Gasteiger partial charge in [-0.05, 0) is 147 Å². The lowest BCUT2D eigenvalue weighted by Gasteiger charge is -2.26. The Labute approximate surface area is 371 Å². The first-order chi connectivity index (χ1) is 27.6. The fourth-order valence-electron chi connectivity index (χ4n) is 6.01. The van der Waals surface area contributed by atoms with Gasteiger partial charge in [-0.15, -0.1) is 0 Å². The number of rotatable bonds is 7. The maximum atomic E-state index is 3.50. The van der Waals surface area contributed by atoms with Crippen LogP contribution < -0.4 is 10.2 Å². The summed E-state index contributed by atoms with van der Waals surface area (Å²) in [4.78, 5) is 2.30. The summed E-state index contributed by atoms with van der Waals surface area (Å²) in [6.45, 7) is 8.42. The van der Waals surface area contributed by atoms with Crippen LogP contribution in [-0.2, 0) is 0 Å². The highest BCUT2D eigenvalue weighted by Gasteiger charge is 2.12. The van der Waals surface area contributed by atoms with Crippen LogP contribution in [0.5, 0.6) is 0 Å². The number of hydrogen-bond donors (Lipinski definition) is 1. The van der Waals surface area contributed by atoms with E-state index in [0.717, 1.165) is 41.9 Å². The number of nitrogens with zero attached hydrogens (tertiary/aromatic N) is 1. The smallest absolute Gasteiger partial charge is 0.0462 e. The molecule has 58 heavy (non-hydrogen) atoms. The lowest BCUT2D eigenvalue weighted by molar-refractivity contribution is 1.27. The lowest BCUT2D eigenvalue weighted by Crippen LogP contribution is -2.09. The fourth-order valence-corrected chi connectivity index (χ4v) is 6.80. The van der Waals surface area contributed by atoms with Crippen LogP contribution in [0.2, 0.25) is 0 Å². The molecule has 5 heteroatoms. The van der Waals surface area contributed by atoms with Crippen molar-refractivity contribution in [1.82, 2.24) is 0 Å². The molecule has 0 spiro atoms. The summed E-state index contributed by atoms with van der Waals surface area (Å²) in [6, 6.07) is 68.0. The highest BCUT2D eigenvalue weighted by atomic mass is 79.9. The van der Waals surface area contributed by atoms with Crippen molar-refractivity contribution in [3.8, 4) is 22.3 Å². The number of hydrogen-bond acceptors (Lipinski definition) is 2. The molecule has 8 aromatic rings. The molecule has 0 unspecified atom stereocenters. The van der Waals surface area contributed by atoms with Gasteiger partial charge in [-0.3, -0.25) is 0 Å². The van der Waals surface area contributed by atoms with Gasteiger partial charge in [0.1, 0.15) is 0 Å². The largest absolute Gasteiger partial charge is 0.356 e. The van der Waals surface area contributed by atoms with E-state index in [4.69, 9.17) is 0 Å². The maximum Gasteiger partial charge on any atom is 0.0462 e. The van der Waals surface area contributed by atoms with Crippen molar-refractivity contribution in [2.45, 2.75) is 35.1 Å². The van der Waals surface area contributed by atoms with E-state index < -0.39 is 0 Å². The molecule has 0 bridgehead atoms. The summed E-state index contributed by atoms with van der Waals surface area (Å²) in [6.07, 6.45) is 0. The normalized spacial score (nSPS) is 10.2. The van der Waals surface area contributed by atoms with Gasteiger partial charge in [0.2, 0.25) is 0 Å². The van der Waals surface area contributed by atoms with Gasteiger partial charge < -0.3 is 10.2 Å². The Bertz CT molecular complexity index is 2290. The molecule has 8 aromatic carbocycles. The zero-order valence-corrected chi connectivity index (χ0v) is 37.3. The molecule has 0 saturated heterocycles. The van der Waals surface area contributed by atoms with Crippen LogP contribution in [0, 0.1) is 27.7 Å². The lowest BCUT2D eigenvalue weighted by atomic mass is 10.0. The minimum Gasteiger partial charge on any atom is -0.356 e. The number of halogens is 3. The molecule has 0 fully saturated rings. The Kier molecular flexibility index (Phi) is 16.3. The van der Waals surface area contributed by atoms with Crippen LogP contribution in [0.15, 0.2) is 208 Å². The summed E-state index contributed by atoms with van der Waals surface area (Å²) >= 11 is 10.3. The molecule has 1 N–H and O–H groups in total. The predicted octanol–water partition coefficient (Wildman–Crippen LogP) is 17.8. The Morgan fingerprint density at radius 2 is 0.500 bits per heavy atom. The van der Waals surface area contributed by atoms with Gasteiger partial charge in [0.15, 0.2) is 0 Å². The fraction of sp³-hybridized carbons (Fsp3) is 0.0943. The van der Waals surface area contributed by atoms with Gasteiger partial charge in [0, 0.05) is 41.9 Å². The summed E-state index contributed by atoms with van der Waals surface area (Å²) in [5.41, 5.74) is 15.7. The summed E-state index contributed by atoms with van der Waals surface area (Å²) in [5.74, 6) is 0. The van der Waals surface area contributed by atoms with E-state index in [1.807, 2.05) is 0 Å². The van der Waals surface area contributed by atoms with Crippen molar-refractivity contribution < 1.29 is 0 Å². The quantitative estimate of drug-likeness (QED) is 0.171. The summed E-state index contributed by atoms with van der Waals surface area (Å²) < 4.78 is 3.31. The number of benzene rings is 8. The van der Waals surface area contributed by atoms with Crippen molar-refractivity contribution >= 4 is 76.2 Å². The highest BCUT2D eigenvalue weighted by molar-refractivity contribution is 9.11. The Morgan fingerprint density at radius 1 is 0.293 bits per heavy atom. The molecule has 0 saturated carbocycles. The average molecular weight is 954 g/mol. The zero-order valence-electron chi connectivity index (χ0n) is 32.6. The Hall–Kier alpha value is -5.20. The van der Waals surface area contributed by atoms with Gasteiger partial charge in [-0.25, -0.2) is 0 Å². The molecule has 292 valence electrons. The Balaban J connectivity index is 0.000000180. The molecule has 0 heterocycles. The van der Waals surface area contributed by atoms with Gasteiger partial charge in [0.05, 0.1) is 0 Å². The first-order valence-corrected chi connectivity index (χ1v) is 21.2. The van der Waals surface area contributed by atoms with Crippen LogP contribution in [0.3, 0.4) is 0 Å². The molecule has 0 radical (unpaired) electrons. The van der Waals surface area contributed by atoms with E-state index in [9.17, 15) is 0 Å². The molecule has 8 rings (SSSR count). The minimum atomic E-state index is 0. The number of nitrogens with one attached hydrogen (secondary N) is 1. The van der Waals surface area contributed by atoms with Gasteiger partial charge >= 0.3 is 0 Å². The Morgan fingerprint density at radius 3 is 0.759 bits per heavy atom. The second-order valence-corrected chi connectivity index (χ2v) is 16.7. The van der Waals surface area contributed by atoms with Gasteiger partial charge in [0.25, 0.3) is 0 Å². The first-order valence-electron chi connectivity index (χ1n) is 18.8. The van der Waals surface area contributed by atoms with Crippen molar-refractivity contribution in [1.29, 1.82) is 0 Å². The van der Waals surface area contributed by atoms with E-state index >= 15 is 0 Å². The summed E-state index contributed by atoms with van der Waals surface area (Å²) in [5, 5.41) is 3.36. The molecule has 0 atom stereocenters. The molecule has 0 amide bonds. The van der Waals surface area contributed by atoms with Crippen molar-refractivity contribution in [2.75, 3.05) is 10.2 Å². The molecule has 2 nitrogen and oxygen atoms in total. The molecule has 0 aliphatic rings. The van der Waals surface area contributed by atoms with E-state index in [1.165, 1.54) is 44.5 Å².